The monoisotopic (exact) mass is 331 g/mol. The van der Waals surface area contributed by atoms with Gasteiger partial charge in [0.2, 0.25) is 0 Å². The van der Waals surface area contributed by atoms with Crippen molar-refractivity contribution in [2.45, 2.75) is 25.7 Å². The fourth-order valence-electron chi connectivity index (χ4n) is 2.82. The molecule has 0 N–H and O–H groups in total. The molecule has 0 unspecified atom stereocenters. The number of nitrogens with zero attached hydrogens (tertiary/aromatic N) is 3. The molecule has 1 aromatic heterocycles. The Bertz CT molecular complexity index is 833. The molecular formula is C17H21N3O2S. The lowest BCUT2D eigenvalue weighted by Crippen LogP contribution is -2.44. The summed E-state index contributed by atoms with van der Waals surface area (Å²) in [6.07, 6.45) is 1.70. The Morgan fingerprint density at radius 3 is 2.61 bits per heavy atom. The van der Waals surface area contributed by atoms with E-state index in [1.54, 1.807) is 24.4 Å². The lowest BCUT2D eigenvalue weighted by atomic mass is 10.1. The number of hydrogen-bond donors (Lipinski definition) is 0. The lowest BCUT2D eigenvalue weighted by molar-refractivity contribution is 0.588. The van der Waals surface area contributed by atoms with Gasteiger partial charge in [-0.25, -0.2) is 13.4 Å². The van der Waals surface area contributed by atoms with Crippen molar-refractivity contribution in [3.8, 4) is 0 Å². The van der Waals surface area contributed by atoms with Gasteiger partial charge in [0.05, 0.1) is 17.1 Å². The fraction of sp³-hybridized carbons (Fsp3) is 0.353. The third-order valence-electron chi connectivity index (χ3n) is 4.36. The molecule has 0 radical (unpaired) electrons. The molecule has 2 aromatic rings. The van der Waals surface area contributed by atoms with Gasteiger partial charge in [-0.3, -0.25) is 4.31 Å². The van der Waals surface area contributed by atoms with Crippen molar-refractivity contribution in [3.05, 3.63) is 47.7 Å². The molecule has 0 aliphatic carbocycles. The smallest absolute Gasteiger partial charge is 0.264 e. The Labute approximate surface area is 137 Å². The molecule has 2 heterocycles. The number of sulfonamides is 1. The molecule has 3 rings (SSSR count). The van der Waals surface area contributed by atoms with Crippen LogP contribution in [-0.2, 0) is 10.0 Å². The average molecular weight is 331 g/mol. The molecule has 6 heteroatoms. The summed E-state index contributed by atoms with van der Waals surface area (Å²) in [7, 11) is -3.58. The minimum atomic E-state index is -3.58. The molecule has 0 saturated heterocycles. The van der Waals surface area contributed by atoms with Crippen molar-refractivity contribution < 1.29 is 8.42 Å². The Morgan fingerprint density at radius 2 is 1.91 bits per heavy atom. The summed E-state index contributed by atoms with van der Waals surface area (Å²) in [4.78, 5) is 6.81. The highest BCUT2D eigenvalue weighted by Gasteiger charge is 2.32. The minimum absolute atomic E-state index is 0.334. The first kappa shape index (κ1) is 15.8. The Balaban J connectivity index is 2.09. The third kappa shape index (κ3) is 2.67. The number of hydrogen-bond acceptors (Lipinski definition) is 4. The van der Waals surface area contributed by atoms with Crippen LogP contribution in [0.4, 0.5) is 11.5 Å². The summed E-state index contributed by atoms with van der Waals surface area (Å²) in [6, 6.07) is 8.88. The van der Waals surface area contributed by atoms with Gasteiger partial charge in [-0.1, -0.05) is 6.07 Å². The van der Waals surface area contributed by atoms with Crippen molar-refractivity contribution in [1.82, 2.24) is 4.98 Å². The Kier molecular flexibility index (Phi) is 4.02. The van der Waals surface area contributed by atoms with Gasteiger partial charge >= 0.3 is 0 Å². The van der Waals surface area contributed by atoms with Gasteiger partial charge in [-0.15, -0.1) is 0 Å². The maximum Gasteiger partial charge on any atom is 0.264 e. The number of anilines is 2. The Hall–Kier alpha value is -2.08. The summed E-state index contributed by atoms with van der Waals surface area (Å²) < 4.78 is 27.7. The van der Waals surface area contributed by atoms with Crippen LogP contribution in [0.2, 0.25) is 0 Å². The molecule has 0 atom stereocenters. The predicted octanol–water partition coefficient (Wildman–Crippen LogP) is 2.73. The summed E-state index contributed by atoms with van der Waals surface area (Å²) >= 11 is 0. The normalized spacial score (nSPS) is 14.7. The quantitative estimate of drug-likeness (QED) is 0.868. The highest BCUT2D eigenvalue weighted by molar-refractivity contribution is 7.92. The van der Waals surface area contributed by atoms with Crippen molar-refractivity contribution in [2.24, 2.45) is 0 Å². The second kappa shape index (κ2) is 5.85. The van der Waals surface area contributed by atoms with Crippen LogP contribution < -0.4 is 9.21 Å². The second-order valence-corrected chi connectivity index (χ2v) is 7.61. The van der Waals surface area contributed by atoms with E-state index in [1.807, 2.05) is 32.9 Å². The van der Waals surface area contributed by atoms with Crippen LogP contribution >= 0.6 is 0 Å². The van der Waals surface area contributed by atoms with Gasteiger partial charge in [-0.05, 0) is 56.2 Å². The highest BCUT2D eigenvalue weighted by atomic mass is 32.2. The largest absolute Gasteiger partial charge is 0.353 e. The highest BCUT2D eigenvalue weighted by Crippen LogP contribution is 2.34. The van der Waals surface area contributed by atoms with E-state index in [-0.39, 0.29) is 0 Å². The van der Waals surface area contributed by atoms with E-state index in [4.69, 9.17) is 0 Å². The van der Waals surface area contributed by atoms with Gasteiger partial charge in [0.1, 0.15) is 0 Å². The van der Waals surface area contributed by atoms with Gasteiger partial charge in [0, 0.05) is 19.3 Å². The SMILES string of the molecule is CCN1CCN(S(=O)(=O)c2ccc(C)c(C)c2)c2cccnc21. The third-order valence-corrected chi connectivity index (χ3v) is 6.16. The van der Waals surface area contributed by atoms with E-state index in [2.05, 4.69) is 9.88 Å². The van der Waals surface area contributed by atoms with Crippen LogP contribution in [0, 0.1) is 13.8 Å². The van der Waals surface area contributed by atoms with E-state index in [9.17, 15) is 8.42 Å². The first-order valence-electron chi connectivity index (χ1n) is 7.75. The van der Waals surface area contributed by atoms with E-state index in [0.29, 0.717) is 23.7 Å². The number of likely N-dealkylation sites (N-methyl/N-ethyl adjacent to an activating group) is 1. The first-order valence-corrected chi connectivity index (χ1v) is 9.19. The zero-order valence-electron chi connectivity index (χ0n) is 13.7. The van der Waals surface area contributed by atoms with E-state index in [1.165, 1.54) is 4.31 Å². The van der Waals surface area contributed by atoms with Crippen LogP contribution in [0.25, 0.3) is 0 Å². The lowest BCUT2D eigenvalue weighted by Gasteiger charge is -2.36. The maximum absolute atomic E-state index is 13.1. The standard InChI is InChI=1S/C17H21N3O2S/c1-4-19-10-11-20(16-6-5-9-18-17(16)19)23(21,22)15-8-7-13(2)14(3)12-15/h5-9,12H,4,10-11H2,1-3H3. The van der Waals surface area contributed by atoms with Crippen molar-refractivity contribution in [3.63, 3.8) is 0 Å². The summed E-state index contributed by atoms with van der Waals surface area (Å²) in [5.41, 5.74) is 2.71. The van der Waals surface area contributed by atoms with Crippen LogP contribution in [-0.4, -0.2) is 33.0 Å². The van der Waals surface area contributed by atoms with Crippen LogP contribution in [0.15, 0.2) is 41.4 Å². The van der Waals surface area contributed by atoms with E-state index in [0.717, 1.165) is 23.5 Å². The molecule has 1 aliphatic heterocycles. The molecular weight excluding hydrogens is 310 g/mol. The van der Waals surface area contributed by atoms with Crippen LogP contribution in [0.5, 0.6) is 0 Å². The average Bonchev–Trinajstić information content (AvgIpc) is 2.56. The molecule has 0 spiro atoms. The number of aryl methyl sites for hydroxylation is 2. The molecule has 122 valence electrons. The maximum atomic E-state index is 13.1. The number of fused-ring (bicyclic) bond motifs is 1. The molecule has 1 aromatic carbocycles. The zero-order valence-corrected chi connectivity index (χ0v) is 14.5. The summed E-state index contributed by atoms with van der Waals surface area (Å²) in [5, 5.41) is 0. The molecule has 0 amide bonds. The molecule has 0 saturated carbocycles. The summed E-state index contributed by atoms with van der Waals surface area (Å²) in [5.74, 6) is 0.730. The molecule has 1 aliphatic rings. The second-order valence-electron chi connectivity index (χ2n) is 5.75. The van der Waals surface area contributed by atoms with Crippen LogP contribution in [0.3, 0.4) is 0 Å². The molecule has 5 nitrogen and oxygen atoms in total. The van der Waals surface area contributed by atoms with E-state index < -0.39 is 10.0 Å². The number of benzene rings is 1. The summed E-state index contributed by atoms with van der Waals surface area (Å²) in [6.45, 7) is 7.84. The van der Waals surface area contributed by atoms with Gasteiger partial charge in [0.25, 0.3) is 10.0 Å². The van der Waals surface area contributed by atoms with Gasteiger partial charge < -0.3 is 4.90 Å². The Morgan fingerprint density at radius 1 is 1.13 bits per heavy atom. The fourth-order valence-corrected chi connectivity index (χ4v) is 4.37. The topological polar surface area (TPSA) is 53.5 Å². The van der Waals surface area contributed by atoms with Crippen molar-refractivity contribution in [1.29, 1.82) is 0 Å². The van der Waals surface area contributed by atoms with Crippen molar-refractivity contribution >= 4 is 21.5 Å². The van der Waals surface area contributed by atoms with Crippen molar-refractivity contribution in [2.75, 3.05) is 28.8 Å². The molecule has 23 heavy (non-hydrogen) atoms. The number of pyridine rings is 1. The predicted molar refractivity (Wildman–Crippen MR) is 92.6 cm³/mol. The van der Waals surface area contributed by atoms with E-state index >= 15 is 0 Å². The van der Waals surface area contributed by atoms with Gasteiger partial charge in [0.15, 0.2) is 5.82 Å². The molecule has 0 fully saturated rings. The first-order chi connectivity index (χ1) is 10.9. The minimum Gasteiger partial charge on any atom is -0.353 e. The number of rotatable bonds is 3. The number of aromatic nitrogens is 1. The zero-order chi connectivity index (χ0) is 16.6. The van der Waals surface area contributed by atoms with Crippen LogP contribution in [0.1, 0.15) is 18.1 Å². The molecule has 0 bridgehead atoms. The van der Waals surface area contributed by atoms with Gasteiger partial charge in [-0.2, -0.15) is 0 Å².